The highest BCUT2D eigenvalue weighted by molar-refractivity contribution is 7.89. The molecular weight excluding hydrogens is 462 g/mol. The first kappa shape index (κ1) is 23.5. The standard InChI is InChI=1S/C23H27N3O5S2/c1-4-26-21-19(31-3)6-5-7-20(21)32-23(26)24-22(27)16-12-14-25(15-13-16)33(28,29)18-10-8-17(30-2)9-11-18/h5-11,16H,4,12-15H2,1-3H3. The molecule has 0 aliphatic carbocycles. The lowest BCUT2D eigenvalue weighted by molar-refractivity contribution is -0.122. The number of rotatable bonds is 6. The summed E-state index contributed by atoms with van der Waals surface area (Å²) in [6.07, 6.45) is 0.885. The molecule has 1 aromatic heterocycles. The number of piperidine rings is 1. The van der Waals surface area contributed by atoms with Crippen LogP contribution in [0.25, 0.3) is 10.2 Å². The molecule has 0 spiro atoms. The molecule has 2 aromatic carbocycles. The molecule has 8 nitrogen and oxygen atoms in total. The Labute approximate surface area is 197 Å². The predicted molar refractivity (Wildman–Crippen MR) is 127 cm³/mol. The van der Waals surface area contributed by atoms with E-state index in [0.29, 0.717) is 29.9 Å². The Hall–Kier alpha value is -2.69. The number of hydrogen-bond donors (Lipinski definition) is 0. The third-order valence-electron chi connectivity index (χ3n) is 5.91. The Morgan fingerprint density at radius 2 is 1.79 bits per heavy atom. The summed E-state index contributed by atoms with van der Waals surface area (Å²) in [6, 6.07) is 12.1. The van der Waals surface area contributed by atoms with Crippen LogP contribution >= 0.6 is 11.3 Å². The molecule has 176 valence electrons. The number of carbonyl (C=O) groups is 1. The fourth-order valence-corrected chi connectivity index (χ4v) is 6.65. The number of nitrogens with zero attached hydrogens (tertiary/aromatic N) is 3. The molecule has 0 unspecified atom stereocenters. The van der Waals surface area contributed by atoms with Crippen LogP contribution in [0.2, 0.25) is 0 Å². The first-order chi connectivity index (χ1) is 15.9. The van der Waals surface area contributed by atoms with Crippen LogP contribution in [0.5, 0.6) is 11.5 Å². The molecule has 0 radical (unpaired) electrons. The van der Waals surface area contributed by atoms with Gasteiger partial charge in [-0.1, -0.05) is 17.4 Å². The second kappa shape index (κ2) is 9.66. The highest BCUT2D eigenvalue weighted by Crippen LogP contribution is 2.28. The van der Waals surface area contributed by atoms with Gasteiger partial charge in [0.15, 0.2) is 4.80 Å². The van der Waals surface area contributed by atoms with Crippen molar-refractivity contribution < 1.29 is 22.7 Å². The van der Waals surface area contributed by atoms with Crippen molar-refractivity contribution in [1.82, 2.24) is 8.87 Å². The number of aromatic nitrogens is 1. The molecule has 10 heteroatoms. The van der Waals surface area contributed by atoms with Gasteiger partial charge in [-0.25, -0.2) is 8.42 Å². The summed E-state index contributed by atoms with van der Waals surface area (Å²) >= 11 is 1.45. The van der Waals surface area contributed by atoms with Crippen LogP contribution in [-0.2, 0) is 21.4 Å². The van der Waals surface area contributed by atoms with Gasteiger partial charge in [-0.3, -0.25) is 4.79 Å². The third-order valence-corrected chi connectivity index (χ3v) is 8.86. The van der Waals surface area contributed by atoms with Gasteiger partial charge < -0.3 is 14.0 Å². The Balaban J connectivity index is 1.51. The van der Waals surface area contributed by atoms with Crippen molar-refractivity contribution in [3.8, 4) is 11.5 Å². The summed E-state index contributed by atoms with van der Waals surface area (Å²) in [4.78, 5) is 18.3. The van der Waals surface area contributed by atoms with Crippen molar-refractivity contribution >= 4 is 37.5 Å². The Morgan fingerprint density at radius 3 is 2.39 bits per heavy atom. The minimum absolute atomic E-state index is 0.204. The highest BCUT2D eigenvalue weighted by atomic mass is 32.2. The number of sulfonamides is 1. The van der Waals surface area contributed by atoms with Crippen LogP contribution in [0.1, 0.15) is 19.8 Å². The minimum Gasteiger partial charge on any atom is -0.497 e. The van der Waals surface area contributed by atoms with Gasteiger partial charge in [0.2, 0.25) is 10.0 Å². The topological polar surface area (TPSA) is 90.2 Å². The number of hydrogen-bond acceptors (Lipinski definition) is 6. The van der Waals surface area contributed by atoms with Crippen LogP contribution in [0.15, 0.2) is 52.4 Å². The Kier molecular flexibility index (Phi) is 6.87. The van der Waals surface area contributed by atoms with Crippen LogP contribution in [0.4, 0.5) is 0 Å². The molecule has 1 fully saturated rings. The predicted octanol–water partition coefficient (Wildman–Crippen LogP) is 3.27. The molecule has 3 aromatic rings. The largest absolute Gasteiger partial charge is 0.497 e. The lowest BCUT2D eigenvalue weighted by Gasteiger charge is -2.29. The number of benzene rings is 2. The molecule has 0 N–H and O–H groups in total. The van der Waals surface area contributed by atoms with Gasteiger partial charge >= 0.3 is 0 Å². The number of para-hydroxylation sites is 1. The lowest BCUT2D eigenvalue weighted by Crippen LogP contribution is -2.40. The number of aryl methyl sites for hydroxylation is 1. The van der Waals surface area contributed by atoms with Crippen LogP contribution < -0.4 is 14.3 Å². The normalized spacial score (nSPS) is 16.3. The maximum atomic E-state index is 13.0. The first-order valence-electron chi connectivity index (χ1n) is 10.8. The van der Waals surface area contributed by atoms with Gasteiger partial charge in [0.25, 0.3) is 5.91 Å². The molecule has 2 heterocycles. The zero-order valence-electron chi connectivity index (χ0n) is 18.9. The van der Waals surface area contributed by atoms with Crippen molar-refractivity contribution in [1.29, 1.82) is 0 Å². The minimum atomic E-state index is -3.61. The summed E-state index contributed by atoms with van der Waals surface area (Å²) in [5.41, 5.74) is 0.930. The molecule has 0 atom stereocenters. The highest BCUT2D eigenvalue weighted by Gasteiger charge is 2.32. The molecule has 33 heavy (non-hydrogen) atoms. The van der Waals surface area contributed by atoms with Gasteiger partial charge in [0, 0.05) is 25.6 Å². The van der Waals surface area contributed by atoms with E-state index in [4.69, 9.17) is 9.47 Å². The summed E-state index contributed by atoms with van der Waals surface area (Å²) in [7, 11) is -0.448. The van der Waals surface area contributed by atoms with E-state index < -0.39 is 10.0 Å². The number of carbonyl (C=O) groups excluding carboxylic acids is 1. The smallest absolute Gasteiger partial charge is 0.251 e. The summed E-state index contributed by atoms with van der Waals surface area (Å²) in [5, 5.41) is 0. The van der Waals surface area contributed by atoms with E-state index in [2.05, 4.69) is 4.99 Å². The van der Waals surface area contributed by atoms with E-state index in [1.54, 1.807) is 31.4 Å². The quantitative estimate of drug-likeness (QED) is 0.530. The second-order valence-corrected chi connectivity index (χ2v) is 10.7. The maximum Gasteiger partial charge on any atom is 0.251 e. The average molecular weight is 490 g/mol. The fourth-order valence-electron chi connectivity index (χ4n) is 4.07. The second-order valence-electron chi connectivity index (χ2n) is 7.74. The molecular formula is C23H27N3O5S2. The van der Waals surface area contributed by atoms with E-state index in [0.717, 1.165) is 16.0 Å². The van der Waals surface area contributed by atoms with Crippen molar-refractivity contribution in [3.05, 3.63) is 47.3 Å². The molecule has 0 bridgehead atoms. The average Bonchev–Trinajstić information content (AvgIpc) is 3.21. The third kappa shape index (κ3) is 4.55. The first-order valence-corrected chi connectivity index (χ1v) is 13.0. The van der Waals surface area contributed by atoms with E-state index >= 15 is 0 Å². The van der Waals surface area contributed by atoms with Crippen LogP contribution in [0.3, 0.4) is 0 Å². The Morgan fingerprint density at radius 1 is 1.09 bits per heavy atom. The fraction of sp³-hybridized carbons (Fsp3) is 0.391. The van der Waals surface area contributed by atoms with Gasteiger partial charge in [0.05, 0.1) is 23.8 Å². The van der Waals surface area contributed by atoms with Gasteiger partial charge in [-0.15, -0.1) is 0 Å². The van der Waals surface area contributed by atoms with E-state index in [1.165, 1.54) is 22.8 Å². The Bertz CT molecular complexity index is 1320. The molecule has 1 aliphatic heterocycles. The van der Waals surface area contributed by atoms with Crippen molar-refractivity contribution in [2.75, 3.05) is 27.3 Å². The van der Waals surface area contributed by atoms with Gasteiger partial charge in [0.1, 0.15) is 17.0 Å². The lowest BCUT2D eigenvalue weighted by atomic mass is 9.98. The monoisotopic (exact) mass is 489 g/mol. The molecule has 1 aliphatic rings. The number of thiazole rings is 1. The number of fused-ring (bicyclic) bond motifs is 1. The zero-order chi connectivity index (χ0) is 23.6. The van der Waals surface area contributed by atoms with E-state index in [9.17, 15) is 13.2 Å². The molecule has 4 rings (SSSR count). The number of amides is 1. The summed E-state index contributed by atoms with van der Waals surface area (Å²) in [6.45, 7) is 3.23. The number of ether oxygens (including phenoxy) is 2. The van der Waals surface area contributed by atoms with Crippen molar-refractivity contribution in [3.63, 3.8) is 0 Å². The SMILES string of the molecule is CCn1c(=NC(=O)C2CCN(S(=O)(=O)c3ccc(OC)cc3)CC2)sc2cccc(OC)c21. The summed E-state index contributed by atoms with van der Waals surface area (Å²) in [5.74, 6) is 0.841. The molecule has 1 amide bonds. The molecule has 0 saturated carbocycles. The molecule has 1 saturated heterocycles. The zero-order valence-corrected chi connectivity index (χ0v) is 20.5. The maximum absolute atomic E-state index is 13.0. The van der Waals surface area contributed by atoms with Crippen LogP contribution in [0, 0.1) is 5.92 Å². The van der Waals surface area contributed by atoms with Gasteiger partial charge in [-0.2, -0.15) is 9.30 Å². The van der Waals surface area contributed by atoms with E-state index in [1.807, 2.05) is 29.7 Å². The van der Waals surface area contributed by atoms with Gasteiger partial charge in [-0.05, 0) is 56.2 Å². The number of methoxy groups -OCH3 is 2. The van der Waals surface area contributed by atoms with Crippen LogP contribution in [-0.4, -0.2) is 50.5 Å². The van der Waals surface area contributed by atoms with Crippen molar-refractivity contribution in [2.45, 2.75) is 31.2 Å². The van der Waals surface area contributed by atoms with E-state index in [-0.39, 0.29) is 29.8 Å². The van der Waals surface area contributed by atoms with Crippen molar-refractivity contribution in [2.24, 2.45) is 10.9 Å². The summed E-state index contributed by atoms with van der Waals surface area (Å²) < 4.78 is 40.9.